The topological polar surface area (TPSA) is 21.3 Å². The summed E-state index contributed by atoms with van der Waals surface area (Å²) in [5.74, 6) is 1.13. The highest BCUT2D eigenvalue weighted by Crippen LogP contribution is 2.32. The number of hydrogen-bond acceptors (Lipinski definition) is 3. The molecule has 0 aromatic heterocycles. The Balaban J connectivity index is 1.96. The number of methoxy groups -OCH3 is 1. The minimum atomic E-state index is 0.441. The average molecular weight is 209 g/mol. The lowest BCUT2D eigenvalue weighted by molar-refractivity contribution is 0.175. The molecule has 2 atom stereocenters. The molecule has 1 aromatic rings. The van der Waals surface area contributed by atoms with E-state index in [2.05, 4.69) is 35.6 Å². The third-order valence-corrected chi connectivity index (χ3v) is 3.66. The molecule has 0 radical (unpaired) electrons. The fraction of sp³-hybridized carbons (Fsp3) is 0.455. The van der Waals surface area contributed by atoms with E-state index in [4.69, 9.17) is 4.74 Å². The summed E-state index contributed by atoms with van der Waals surface area (Å²) < 4.78 is 5.13. The van der Waals surface area contributed by atoms with Crippen molar-refractivity contribution in [2.75, 3.05) is 19.5 Å². The van der Waals surface area contributed by atoms with Crippen molar-refractivity contribution in [3.05, 3.63) is 35.9 Å². The molecule has 14 heavy (non-hydrogen) atoms. The first-order valence-electron chi connectivity index (χ1n) is 4.81. The number of ether oxygens (including phenoxy) is 1. The summed E-state index contributed by atoms with van der Waals surface area (Å²) in [4.78, 5) is 0. The third-order valence-electron chi connectivity index (χ3n) is 2.32. The van der Waals surface area contributed by atoms with Crippen LogP contribution in [0.1, 0.15) is 10.9 Å². The first-order valence-corrected chi connectivity index (χ1v) is 5.86. The lowest BCUT2D eigenvalue weighted by atomic mass is 10.2. The van der Waals surface area contributed by atoms with Gasteiger partial charge in [-0.15, -0.1) is 11.8 Å². The van der Waals surface area contributed by atoms with Crippen molar-refractivity contribution in [1.29, 1.82) is 0 Å². The quantitative estimate of drug-likeness (QED) is 0.823. The molecule has 1 heterocycles. The maximum atomic E-state index is 5.13. The summed E-state index contributed by atoms with van der Waals surface area (Å²) in [6, 6.07) is 11.0. The lowest BCUT2D eigenvalue weighted by Crippen LogP contribution is -2.29. The Morgan fingerprint density at radius 3 is 2.93 bits per heavy atom. The molecular weight excluding hydrogens is 194 g/mol. The van der Waals surface area contributed by atoms with Crippen molar-refractivity contribution in [3.8, 4) is 0 Å². The fourth-order valence-corrected chi connectivity index (χ4v) is 2.90. The Kier molecular flexibility index (Phi) is 3.45. The van der Waals surface area contributed by atoms with Crippen LogP contribution in [-0.4, -0.2) is 25.5 Å². The van der Waals surface area contributed by atoms with Crippen molar-refractivity contribution in [1.82, 2.24) is 5.32 Å². The molecule has 1 aromatic carbocycles. The van der Waals surface area contributed by atoms with Crippen LogP contribution < -0.4 is 5.32 Å². The summed E-state index contributed by atoms with van der Waals surface area (Å²) in [5.41, 5.74) is 1.36. The SMILES string of the molecule is COCC1CSC(c2ccccc2)N1. The molecule has 0 bridgehead atoms. The Labute approximate surface area is 89.0 Å². The molecule has 1 N–H and O–H groups in total. The van der Waals surface area contributed by atoms with Gasteiger partial charge in [0.25, 0.3) is 0 Å². The Morgan fingerprint density at radius 1 is 1.43 bits per heavy atom. The zero-order chi connectivity index (χ0) is 9.80. The first kappa shape index (κ1) is 10.0. The second kappa shape index (κ2) is 4.82. The summed E-state index contributed by atoms with van der Waals surface area (Å²) in [6.45, 7) is 0.802. The molecule has 2 nitrogen and oxygen atoms in total. The highest BCUT2D eigenvalue weighted by atomic mass is 32.2. The highest BCUT2D eigenvalue weighted by Gasteiger charge is 2.24. The van der Waals surface area contributed by atoms with E-state index in [0.717, 1.165) is 12.4 Å². The molecule has 3 heteroatoms. The van der Waals surface area contributed by atoms with Crippen LogP contribution in [0.5, 0.6) is 0 Å². The van der Waals surface area contributed by atoms with Crippen LogP contribution in [0, 0.1) is 0 Å². The minimum Gasteiger partial charge on any atom is -0.383 e. The van der Waals surface area contributed by atoms with Crippen molar-refractivity contribution in [2.24, 2.45) is 0 Å². The zero-order valence-electron chi connectivity index (χ0n) is 8.27. The van der Waals surface area contributed by atoms with Crippen LogP contribution >= 0.6 is 11.8 Å². The van der Waals surface area contributed by atoms with E-state index in [1.807, 2.05) is 11.8 Å². The molecule has 2 rings (SSSR count). The van der Waals surface area contributed by atoms with Gasteiger partial charge < -0.3 is 4.74 Å². The van der Waals surface area contributed by atoms with Gasteiger partial charge in [-0.05, 0) is 5.56 Å². The molecule has 1 aliphatic rings. The molecule has 1 aliphatic heterocycles. The number of hydrogen-bond donors (Lipinski definition) is 1. The number of benzene rings is 1. The van der Waals surface area contributed by atoms with Gasteiger partial charge in [-0.25, -0.2) is 0 Å². The molecule has 0 aliphatic carbocycles. The molecule has 1 saturated heterocycles. The second-order valence-corrected chi connectivity index (χ2v) is 4.58. The lowest BCUT2D eigenvalue weighted by Gasteiger charge is -2.12. The van der Waals surface area contributed by atoms with Crippen LogP contribution in [0.25, 0.3) is 0 Å². The molecule has 0 spiro atoms. The predicted octanol–water partition coefficient (Wildman–Crippen LogP) is 2.04. The monoisotopic (exact) mass is 209 g/mol. The van der Waals surface area contributed by atoms with E-state index in [9.17, 15) is 0 Å². The smallest absolute Gasteiger partial charge is 0.0793 e. The summed E-state index contributed by atoms with van der Waals surface area (Å²) >= 11 is 1.95. The Morgan fingerprint density at radius 2 is 2.21 bits per heavy atom. The van der Waals surface area contributed by atoms with Crippen molar-refractivity contribution in [2.45, 2.75) is 11.4 Å². The molecule has 0 saturated carbocycles. The van der Waals surface area contributed by atoms with Gasteiger partial charge in [-0.3, -0.25) is 5.32 Å². The fourth-order valence-electron chi connectivity index (χ4n) is 1.64. The minimum absolute atomic E-state index is 0.441. The van der Waals surface area contributed by atoms with Crippen molar-refractivity contribution >= 4 is 11.8 Å². The maximum absolute atomic E-state index is 5.13. The highest BCUT2D eigenvalue weighted by molar-refractivity contribution is 7.99. The normalized spacial score (nSPS) is 26.6. The first-order chi connectivity index (χ1) is 6.90. The van der Waals surface area contributed by atoms with Crippen LogP contribution in [0.4, 0.5) is 0 Å². The van der Waals surface area contributed by atoms with Crippen LogP contribution in [-0.2, 0) is 4.74 Å². The van der Waals surface area contributed by atoms with Gasteiger partial charge in [0.2, 0.25) is 0 Å². The standard InChI is InChI=1S/C11H15NOS/c1-13-7-10-8-14-11(12-10)9-5-3-2-4-6-9/h2-6,10-12H,7-8H2,1H3. The van der Waals surface area contributed by atoms with E-state index in [0.29, 0.717) is 11.4 Å². The van der Waals surface area contributed by atoms with Crippen molar-refractivity contribution < 1.29 is 4.74 Å². The van der Waals surface area contributed by atoms with E-state index in [1.165, 1.54) is 5.56 Å². The molecule has 76 valence electrons. The summed E-state index contributed by atoms with van der Waals surface area (Å²) in [5, 5.41) is 3.99. The predicted molar refractivity (Wildman–Crippen MR) is 60.4 cm³/mol. The molecular formula is C11H15NOS. The number of nitrogens with one attached hydrogen (secondary N) is 1. The molecule has 0 amide bonds. The molecule has 1 fully saturated rings. The Hall–Kier alpha value is -0.510. The van der Waals surface area contributed by atoms with Crippen LogP contribution in [0.15, 0.2) is 30.3 Å². The average Bonchev–Trinajstić information content (AvgIpc) is 2.68. The number of rotatable bonds is 3. The van der Waals surface area contributed by atoms with Gasteiger partial charge in [0, 0.05) is 18.9 Å². The van der Waals surface area contributed by atoms with E-state index < -0.39 is 0 Å². The van der Waals surface area contributed by atoms with Gasteiger partial charge >= 0.3 is 0 Å². The summed E-state index contributed by atoms with van der Waals surface area (Å²) in [7, 11) is 1.75. The maximum Gasteiger partial charge on any atom is 0.0793 e. The van der Waals surface area contributed by atoms with Crippen LogP contribution in [0.2, 0.25) is 0 Å². The Bertz CT molecular complexity index is 278. The van der Waals surface area contributed by atoms with E-state index in [1.54, 1.807) is 7.11 Å². The van der Waals surface area contributed by atoms with Gasteiger partial charge in [0.05, 0.1) is 12.0 Å². The molecule has 2 unspecified atom stereocenters. The van der Waals surface area contributed by atoms with Crippen LogP contribution in [0.3, 0.4) is 0 Å². The van der Waals surface area contributed by atoms with Gasteiger partial charge in [-0.1, -0.05) is 30.3 Å². The zero-order valence-corrected chi connectivity index (χ0v) is 9.09. The largest absolute Gasteiger partial charge is 0.383 e. The summed E-state index contributed by atoms with van der Waals surface area (Å²) in [6.07, 6.45) is 0. The van der Waals surface area contributed by atoms with Gasteiger partial charge in [0.1, 0.15) is 0 Å². The second-order valence-electron chi connectivity index (χ2n) is 3.44. The van der Waals surface area contributed by atoms with Gasteiger partial charge in [-0.2, -0.15) is 0 Å². The third kappa shape index (κ3) is 2.29. The van der Waals surface area contributed by atoms with Gasteiger partial charge in [0.15, 0.2) is 0 Å². The number of thioether (sulfide) groups is 1. The van der Waals surface area contributed by atoms with Crippen molar-refractivity contribution in [3.63, 3.8) is 0 Å². The van der Waals surface area contributed by atoms with E-state index in [-0.39, 0.29) is 0 Å². The van der Waals surface area contributed by atoms with E-state index >= 15 is 0 Å².